The van der Waals surface area contributed by atoms with Crippen LogP contribution in [0.4, 0.5) is 0 Å². The van der Waals surface area contributed by atoms with E-state index in [1.54, 1.807) is 0 Å². The topological polar surface area (TPSA) is 46.2 Å². The molecule has 0 aromatic heterocycles. The summed E-state index contributed by atoms with van der Waals surface area (Å²) >= 11 is 0. The molecule has 0 amide bonds. The van der Waals surface area contributed by atoms with Gasteiger partial charge in [0, 0.05) is 18.8 Å². The molecule has 0 spiro atoms. The SMILES string of the molecule is CC(C)CC(C)(C)CNC(C)CS(C)(=O)=O. The minimum absolute atomic E-state index is 0.0291. The summed E-state index contributed by atoms with van der Waals surface area (Å²) in [6.45, 7) is 11.6. The Balaban J connectivity index is 4.04. The molecule has 0 bridgehead atoms. The Morgan fingerprint density at radius 3 is 2.06 bits per heavy atom. The van der Waals surface area contributed by atoms with Gasteiger partial charge in [-0.15, -0.1) is 0 Å². The fraction of sp³-hybridized carbons (Fsp3) is 1.00. The van der Waals surface area contributed by atoms with Crippen molar-refractivity contribution in [2.24, 2.45) is 11.3 Å². The average Bonchev–Trinajstić information content (AvgIpc) is 1.95. The molecule has 0 aliphatic carbocycles. The predicted octanol–water partition coefficient (Wildman–Crippen LogP) is 2.08. The summed E-state index contributed by atoms with van der Waals surface area (Å²) in [5, 5.41) is 3.31. The lowest BCUT2D eigenvalue weighted by molar-refractivity contribution is 0.266. The van der Waals surface area contributed by atoms with E-state index in [0.717, 1.165) is 13.0 Å². The van der Waals surface area contributed by atoms with Gasteiger partial charge in [-0.25, -0.2) is 8.42 Å². The van der Waals surface area contributed by atoms with Crippen LogP contribution >= 0.6 is 0 Å². The van der Waals surface area contributed by atoms with Crippen LogP contribution in [0.5, 0.6) is 0 Å². The normalized spacial score (nSPS) is 15.4. The Kier molecular flexibility index (Phi) is 5.98. The smallest absolute Gasteiger partial charge is 0.148 e. The fourth-order valence-corrected chi connectivity index (χ4v) is 3.17. The molecule has 0 saturated carbocycles. The molecule has 0 aromatic rings. The molecule has 0 saturated heterocycles. The third-order valence-electron chi connectivity index (χ3n) is 2.44. The molecular formula is C12H27NO2S. The van der Waals surface area contributed by atoms with E-state index < -0.39 is 9.84 Å². The Hall–Kier alpha value is -0.0900. The molecule has 0 aliphatic heterocycles. The van der Waals surface area contributed by atoms with E-state index in [-0.39, 0.29) is 17.2 Å². The summed E-state index contributed by atoms with van der Waals surface area (Å²) in [4.78, 5) is 0. The van der Waals surface area contributed by atoms with Crippen LogP contribution in [0.3, 0.4) is 0 Å². The molecule has 1 N–H and O–H groups in total. The van der Waals surface area contributed by atoms with Gasteiger partial charge in [-0.2, -0.15) is 0 Å². The number of rotatable bonds is 7. The fourth-order valence-electron chi connectivity index (χ4n) is 2.14. The van der Waals surface area contributed by atoms with Crippen molar-refractivity contribution in [2.45, 2.75) is 47.1 Å². The zero-order valence-electron chi connectivity index (χ0n) is 11.5. The monoisotopic (exact) mass is 249 g/mol. The van der Waals surface area contributed by atoms with Gasteiger partial charge in [-0.3, -0.25) is 0 Å². The van der Waals surface area contributed by atoms with Crippen molar-refractivity contribution in [2.75, 3.05) is 18.6 Å². The number of nitrogens with one attached hydrogen (secondary N) is 1. The summed E-state index contributed by atoms with van der Waals surface area (Å²) in [6, 6.07) is 0.0291. The summed E-state index contributed by atoms with van der Waals surface area (Å²) in [6.07, 6.45) is 2.43. The van der Waals surface area contributed by atoms with Gasteiger partial charge in [-0.1, -0.05) is 27.7 Å². The van der Waals surface area contributed by atoms with Crippen LogP contribution < -0.4 is 5.32 Å². The van der Waals surface area contributed by atoms with Crippen LogP contribution in [-0.2, 0) is 9.84 Å². The van der Waals surface area contributed by atoms with E-state index in [4.69, 9.17) is 0 Å². The predicted molar refractivity (Wildman–Crippen MR) is 70.4 cm³/mol. The van der Waals surface area contributed by atoms with Gasteiger partial charge in [0.2, 0.25) is 0 Å². The molecule has 0 aromatic carbocycles. The Labute approximate surface area is 101 Å². The maximum Gasteiger partial charge on any atom is 0.148 e. The van der Waals surface area contributed by atoms with E-state index in [2.05, 4.69) is 33.0 Å². The number of hydrogen-bond donors (Lipinski definition) is 1. The largest absolute Gasteiger partial charge is 0.313 e. The first kappa shape index (κ1) is 15.9. The quantitative estimate of drug-likeness (QED) is 0.751. The maximum atomic E-state index is 11.1. The van der Waals surface area contributed by atoms with Gasteiger partial charge >= 0.3 is 0 Å². The van der Waals surface area contributed by atoms with Gasteiger partial charge in [0.15, 0.2) is 0 Å². The Morgan fingerprint density at radius 2 is 1.69 bits per heavy atom. The molecular weight excluding hydrogens is 222 g/mol. The molecule has 0 fully saturated rings. The minimum Gasteiger partial charge on any atom is -0.313 e. The van der Waals surface area contributed by atoms with Crippen molar-refractivity contribution in [3.63, 3.8) is 0 Å². The Morgan fingerprint density at radius 1 is 1.19 bits per heavy atom. The van der Waals surface area contributed by atoms with Crippen LogP contribution in [0.1, 0.15) is 41.0 Å². The standard InChI is InChI=1S/C12H27NO2S/c1-10(2)7-12(4,5)9-13-11(3)8-16(6,14)15/h10-11,13H,7-9H2,1-6H3. The molecule has 0 heterocycles. The van der Waals surface area contributed by atoms with Crippen molar-refractivity contribution in [3.8, 4) is 0 Å². The van der Waals surface area contributed by atoms with Crippen LogP contribution in [0.25, 0.3) is 0 Å². The highest BCUT2D eigenvalue weighted by Gasteiger charge is 2.20. The third-order valence-corrected chi connectivity index (χ3v) is 3.55. The highest BCUT2D eigenvalue weighted by atomic mass is 32.2. The van der Waals surface area contributed by atoms with Crippen molar-refractivity contribution in [1.29, 1.82) is 0 Å². The van der Waals surface area contributed by atoms with Crippen molar-refractivity contribution < 1.29 is 8.42 Å². The first-order valence-corrected chi connectivity index (χ1v) is 7.99. The molecule has 16 heavy (non-hydrogen) atoms. The van der Waals surface area contributed by atoms with E-state index >= 15 is 0 Å². The number of sulfone groups is 1. The van der Waals surface area contributed by atoms with Crippen LogP contribution in [-0.4, -0.2) is 33.0 Å². The number of hydrogen-bond acceptors (Lipinski definition) is 3. The summed E-state index contributed by atoms with van der Waals surface area (Å²) < 4.78 is 22.2. The van der Waals surface area contributed by atoms with E-state index in [0.29, 0.717) is 5.92 Å². The third kappa shape index (κ3) is 9.16. The zero-order chi connectivity index (χ0) is 13.0. The Bertz CT molecular complexity index is 294. The molecule has 1 unspecified atom stereocenters. The summed E-state index contributed by atoms with van der Waals surface area (Å²) in [5.74, 6) is 0.882. The molecule has 0 radical (unpaired) electrons. The van der Waals surface area contributed by atoms with Gasteiger partial charge < -0.3 is 5.32 Å². The molecule has 98 valence electrons. The van der Waals surface area contributed by atoms with Crippen molar-refractivity contribution in [1.82, 2.24) is 5.32 Å². The van der Waals surface area contributed by atoms with Crippen molar-refractivity contribution >= 4 is 9.84 Å². The average molecular weight is 249 g/mol. The maximum absolute atomic E-state index is 11.1. The van der Waals surface area contributed by atoms with E-state index in [1.165, 1.54) is 6.26 Å². The van der Waals surface area contributed by atoms with Crippen molar-refractivity contribution in [3.05, 3.63) is 0 Å². The van der Waals surface area contributed by atoms with Crippen LogP contribution in [0, 0.1) is 11.3 Å². The van der Waals surface area contributed by atoms with Gasteiger partial charge in [-0.05, 0) is 24.7 Å². The molecule has 0 rings (SSSR count). The van der Waals surface area contributed by atoms with Crippen LogP contribution in [0.2, 0.25) is 0 Å². The van der Waals surface area contributed by atoms with Gasteiger partial charge in [0.25, 0.3) is 0 Å². The van der Waals surface area contributed by atoms with Crippen LogP contribution in [0.15, 0.2) is 0 Å². The summed E-state index contributed by atoms with van der Waals surface area (Å²) in [7, 11) is -2.88. The second-order valence-corrected chi connectivity index (χ2v) is 8.32. The van der Waals surface area contributed by atoms with E-state index in [9.17, 15) is 8.42 Å². The molecule has 3 nitrogen and oxygen atoms in total. The van der Waals surface area contributed by atoms with Gasteiger partial charge in [0.05, 0.1) is 5.75 Å². The van der Waals surface area contributed by atoms with E-state index in [1.807, 2.05) is 6.92 Å². The zero-order valence-corrected chi connectivity index (χ0v) is 12.3. The minimum atomic E-state index is -2.88. The lowest BCUT2D eigenvalue weighted by Crippen LogP contribution is -2.39. The molecule has 1 atom stereocenters. The first-order valence-electron chi connectivity index (χ1n) is 5.93. The lowest BCUT2D eigenvalue weighted by atomic mass is 9.84. The molecule has 0 aliphatic rings. The summed E-state index contributed by atoms with van der Waals surface area (Å²) in [5.41, 5.74) is 0.222. The second kappa shape index (κ2) is 6.01. The highest BCUT2D eigenvalue weighted by molar-refractivity contribution is 7.90. The second-order valence-electron chi connectivity index (χ2n) is 6.14. The first-order chi connectivity index (χ1) is 7.02. The van der Waals surface area contributed by atoms with Gasteiger partial charge in [0.1, 0.15) is 9.84 Å². The lowest BCUT2D eigenvalue weighted by Gasteiger charge is -2.28. The highest BCUT2D eigenvalue weighted by Crippen LogP contribution is 2.24. The molecule has 4 heteroatoms.